The molecule has 0 saturated heterocycles. The molecule has 1 heterocycles. The lowest BCUT2D eigenvalue weighted by Gasteiger charge is -2.05. The molecule has 2 heteroatoms. The van der Waals surface area contributed by atoms with E-state index in [4.69, 9.17) is 4.74 Å². The first kappa shape index (κ1) is 5.51. The third-order valence-corrected chi connectivity index (χ3v) is 1.06. The topological polar surface area (TPSA) is 21.6 Å². The Labute approximate surface area is 48.9 Å². The van der Waals surface area contributed by atoms with Gasteiger partial charge in [0.15, 0.2) is 0 Å². The zero-order chi connectivity index (χ0) is 5.82. The monoisotopic (exact) mass is 111 g/mol. The second kappa shape index (κ2) is 2.62. The van der Waals surface area contributed by atoms with E-state index in [1.807, 2.05) is 12.2 Å². The molecule has 0 aliphatic carbocycles. The minimum Gasteiger partial charge on any atom is -0.372 e. The van der Waals surface area contributed by atoms with Crippen molar-refractivity contribution < 1.29 is 4.74 Å². The van der Waals surface area contributed by atoms with Crippen molar-refractivity contribution in [1.82, 2.24) is 0 Å². The first-order valence-corrected chi connectivity index (χ1v) is 2.63. The van der Waals surface area contributed by atoms with E-state index >= 15 is 0 Å². The Morgan fingerprint density at radius 1 is 1.75 bits per heavy atom. The molecule has 0 bridgehead atoms. The first-order chi connectivity index (χ1) is 3.93. The van der Waals surface area contributed by atoms with Crippen molar-refractivity contribution >= 4 is 6.21 Å². The highest BCUT2D eigenvalue weighted by Gasteiger charge is 1.97. The van der Waals surface area contributed by atoms with Gasteiger partial charge in [-0.05, 0) is 0 Å². The number of ether oxygens (including phenoxy) is 1. The Morgan fingerprint density at radius 3 is 3.00 bits per heavy atom. The lowest BCUT2D eigenvalue weighted by Crippen LogP contribution is -2.11. The fraction of sp³-hybridized carbons (Fsp3) is 0.500. The van der Waals surface area contributed by atoms with Gasteiger partial charge in [0.25, 0.3) is 0 Å². The van der Waals surface area contributed by atoms with E-state index in [-0.39, 0.29) is 6.10 Å². The van der Waals surface area contributed by atoms with Crippen LogP contribution in [0.3, 0.4) is 0 Å². The summed E-state index contributed by atoms with van der Waals surface area (Å²) in [5.41, 5.74) is 0. The first-order valence-electron chi connectivity index (χ1n) is 2.63. The van der Waals surface area contributed by atoms with Crippen LogP contribution in [0.1, 0.15) is 0 Å². The normalized spacial score (nSPS) is 26.4. The van der Waals surface area contributed by atoms with Gasteiger partial charge in [-0.2, -0.15) is 0 Å². The molecule has 0 spiro atoms. The molecular formula is C6H9NO. The number of dihydropyridines is 1. The Balaban J connectivity index is 2.42. The maximum absolute atomic E-state index is 4.96. The summed E-state index contributed by atoms with van der Waals surface area (Å²) in [6, 6.07) is 0. The van der Waals surface area contributed by atoms with Crippen molar-refractivity contribution in [3.63, 3.8) is 0 Å². The van der Waals surface area contributed by atoms with Gasteiger partial charge >= 0.3 is 0 Å². The molecule has 0 saturated carbocycles. The molecule has 0 N–H and O–H groups in total. The molecule has 0 radical (unpaired) electrons. The predicted molar refractivity (Wildman–Crippen MR) is 33.3 cm³/mol. The highest BCUT2D eigenvalue weighted by atomic mass is 16.5. The molecule has 1 rings (SSSR count). The largest absolute Gasteiger partial charge is 0.372 e. The number of hydrogen-bond donors (Lipinski definition) is 0. The second-order valence-corrected chi connectivity index (χ2v) is 1.64. The van der Waals surface area contributed by atoms with E-state index in [2.05, 4.69) is 4.99 Å². The van der Waals surface area contributed by atoms with Gasteiger partial charge in [-0.25, -0.2) is 0 Å². The molecule has 1 aliphatic heterocycles. The molecule has 0 aromatic heterocycles. The molecule has 1 aliphatic rings. The van der Waals surface area contributed by atoms with Crippen molar-refractivity contribution in [1.29, 1.82) is 0 Å². The quantitative estimate of drug-likeness (QED) is 0.455. The van der Waals surface area contributed by atoms with Crippen molar-refractivity contribution in [3.05, 3.63) is 12.2 Å². The van der Waals surface area contributed by atoms with Crippen molar-refractivity contribution in [2.45, 2.75) is 6.10 Å². The van der Waals surface area contributed by atoms with Gasteiger partial charge < -0.3 is 4.74 Å². The van der Waals surface area contributed by atoms with Gasteiger partial charge in [-0.15, -0.1) is 0 Å². The number of hydrogen-bond acceptors (Lipinski definition) is 2. The molecule has 0 aromatic rings. The highest BCUT2D eigenvalue weighted by Crippen LogP contribution is 1.93. The molecule has 0 aromatic carbocycles. The number of aliphatic imine (C=N–C) groups is 1. The SMILES string of the molecule is COC1C=CCN=C1. The van der Waals surface area contributed by atoms with E-state index in [0.717, 1.165) is 6.54 Å². The maximum atomic E-state index is 4.96. The van der Waals surface area contributed by atoms with Crippen LogP contribution in [-0.2, 0) is 4.74 Å². The Bertz CT molecular complexity index is 106. The summed E-state index contributed by atoms with van der Waals surface area (Å²) in [6.45, 7) is 0.805. The third kappa shape index (κ3) is 1.17. The molecule has 1 unspecified atom stereocenters. The molecule has 0 amide bonds. The summed E-state index contributed by atoms with van der Waals surface area (Å²) in [6.07, 6.45) is 5.91. The summed E-state index contributed by atoms with van der Waals surface area (Å²) in [7, 11) is 1.67. The maximum Gasteiger partial charge on any atom is 0.110 e. The smallest absolute Gasteiger partial charge is 0.110 e. The van der Waals surface area contributed by atoms with E-state index < -0.39 is 0 Å². The van der Waals surface area contributed by atoms with E-state index in [1.165, 1.54) is 0 Å². The summed E-state index contributed by atoms with van der Waals surface area (Å²) >= 11 is 0. The van der Waals surface area contributed by atoms with Crippen LogP contribution in [0.2, 0.25) is 0 Å². The van der Waals surface area contributed by atoms with Crippen molar-refractivity contribution in [2.75, 3.05) is 13.7 Å². The third-order valence-electron chi connectivity index (χ3n) is 1.06. The van der Waals surface area contributed by atoms with Gasteiger partial charge in [-0.3, -0.25) is 4.99 Å². The molecule has 0 fully saturated rings. The lowest BCUT2D eigenvalue weighted by atomic mass is 10.3. The number of methoxy groups -OCH3 is 1. The molecule has 1 atom stereocenters. The number of nitrogens with zero attached hydrogens (tertiary/aromatic N) is 1. The van der Waals surface area contributed by atoms with Crippen LogP contribution in [0.15, 0.2) is 17.1 Å². The van der Waals surface area contributed by atoms with Gasteiger partial charge in [0.1, 0.15) is 6.10 Å². The molecule has 44 valence electrons. The Morgan fingerprint density at radius 2 is 2.62 bits per heavy atom. The van der Waals surface area contributed by atoms with Crippen LogP contribution in [0.25, 0.3) is 0 Å². The lowest BCUT2D eigenvalue weighted by molar-refractivity contribution is 0.193. The van der Waals surface area contributed by atoms with Crippen molar-refractivity contribution in [3.8, 4) is 0 Å². The van der Waals surface area contributed by atoms with Crippen LogP contribution >= 0.6 is 0 Å². The summed E-state index contributed by atoms with van der Waals surface area (Å²) in [4.78, 5) is 3.99. The average molecular weight is 111 g/mol. The van der Waals surface area contributed by atoms with E-state index in [9.17, 15) is 0 Å². The van der Waals surface area contributed by atoms with Gasteiger partial charge in [0.2, 0.25) is 0 Å². The summed E-state index contributed by atoms with van der Waals surface area (Å²) < 4.78 is 4.96. The minimum atomic E-state index is 0.115. The van der Waals surface area contributed by atoms with E-state index in [0.29, 0.717) is 0 Å². The molecular weight excluding hydrogens is 102 g/mol. The standard InChI is InChI=1S/C6H9NO/c1-8-6-3-2-4-7-5-6/h2-3,5-6H,4H2,1H3. The van der Waals surface area contributed by atoms with Crippen LogP contribution in [0.4, 0.5) is 0 Å². The van der Waals surface area contributed by atoms with Crippen molar-refractivity contribution in [2.24, 2.45) is 4.99 Å². The predicted octanol–water partition coefficient (Wildman–Crippen LogP) is 0.642. The Hall–Kier alpha value is -0.630. The fourth-order valence-electron chi connectivity index (χ4n) is 0.610. The highest BCUT2D eigenvalue weighted by molar-refractivity contribution is 5.67. The van der Waals surface area contributed by atoms with Crippen LogP contribution < -0.4 is 0 Å². The van der Waals surface area contributed by atoms with Crippen LogP contribution in [0, 0.1) is 0 Å². The van der Waals surface area contributed by atoms with Crippen LogP contribution in [0.5, 0.6) is 0 Å². The van der Waals surface area contributed by atoms with Gasteiger partial charge in [-0.1, -0.05) is 12.2 Å². The minimum absolute atomic E-state index is 0.115. The average Bonchev–Trinajstić information content (AvgIpc) is 1.90. The van der Waals surface area contributed by atoms with Crippen LogP contribution in [-0.4, -0.2) is 26.0 Å². The summed E-state index contributed by atoms with van der Waals surface area (Å²) in [5.74, 6) is 0. The zero-order valence-corrected chi connectivity index (χ0v) is 4.87. The number of rotatable bonds is 1. The Kier molecular flexibility index (Phi) is 1.80. The molecule has 8 heavy (non-hydrogen) atoms. The van der Waals surface area contributed by atoms with Gasteiger partial charge in [0, 0.05) is 13.3 Å². The zero-order valence-electron chi connectivity index (χ0n) is 4.87. The van der Waals surface area contributed by atoms with E-state index in [1.54, 1.807) is 13.3 Å². The molecule has 2 nitrogen and oxygen atoms in total. The van der Waals surface area contributed by atoms with Gasteiger partial charge in [0.05, 0.1) is 6.54 Å². The summed E-state index contributed by atoms with van der Waals surface area (Å²) in [5, 5.41) is 0. The fourth-order valence-corrected chi connectivity index (χ4v) is 0.610. The second-order valence-electron chi connectivity index (χ2n) is 1.64.